The zero-order valence-corrected chi connectivity index (χ0v) is 9.84. The molecule has 0 amide bonds. The van der Waals surface area contributed by atoms with Gasteiger partial charge in [0.1, 0.15) is 0 Å². The van der Waals surface area contributed by atoms with Gasteiger partial charge < -0.3 is 9.84 Å². The molecule has 1 aliphatic heterocycles. The number of hydrogen-bond donors (Lipinski definition) is 1. The van der Waals surface area contributed by atoms with E-state index in [9.17, 15) is 4.79 Å². The van der Waals surface area contributed by atoms with Crippen LogP contribution in [-0.4, -0.2) is 23.3 Å². The summed E-state index contributed by atoms with van der Waals surface area (Å²) < 4.78 is 5.66. The fourth-order valence-corrected chi connectivity index (χ4v) is 5.11. The number of hydrogen-bond acceptors (Lipinski definition) is 2. The fourth-order valence-electron chi connectivity index (χ4n) is 5.11. The highest BCUT2D eigenvalue weighted by Crippen LogP contribution is 2.66. The van der Waals surface area contributed by atoms with Gasteiger partial charge in [-0.05, 0) is 55.3 Å². The molecule has 4 fully saturated rings. The van der Waals surface area contributed by atoms with E-state index in [0.29, 0.717) is 30.1 Å². The Morgan fingerprint density at radius 3 is 2.88 bits per heavy atom. The number of epoxide rings is 1. The van der Waals surface area contributed by atoms with Gasteiger partial charge in [-0.15, -0.1) is 0 Å². The van der Waals surface area contributed by atoms with Crippen molar-refractivity contribution >= 4 is 5.97 Å². The van der Waals surface area contributed by atoms with Crippen LogP contribution in [0.3, 0.4) is 0 Å². The molecule has 3 saturated carbocycles. The van der Waals surface area contributed by atoms with Crippen LogP contribution in [0.15, 0.2) is 12.2 Å². The minimum atomic E-state index is -0.818. The maximum atomic E-state index is 10.9. The van der Waals surface area contributed by atoms with Crippen LogP contribution in [0.1, 0.15) is 25.7 Å². The molecule has 3 aliphatic carbocycles. The van der Waals surface area contributed by atoms with E-state index in [2.05, 4.69) is 6.58 Å². The second kappa shape index (κ2) is 3.14. The van der Waals surface area contributed by atoms with E-state index < -0.39 is 5.97 Å². The first-order valence-electron chi connectivity index (χ1n) is 6.71. The van der Waals surface area contributed by atoms with Crippen LogP contribution in [0.5, 0.6) is 0 Å². The Morgan fingerprint density at radius 2 is 2.12 bits per heavy atom. The van der Waals surface area contributed by atoms with Crippen LogP contribution in [0.2, 0.25) is 0 Å². The molecular formula is C14H18O3. The van der Waals surface area contributed by atoms with Crippen molar-refractivity contribution in [2.24, 2.45) is 29.6 Å². The second-order valence-corrected chi connectivity index (χ2v) is 6.38. The van der Waals surface area contributed by atoms with Crippen molar-refractivity contribution in [1.82, 2.24) is 0 Å². The molecule has 0 aromatic heterocycles. The predicted octanol–water partition coefficient (Wildman–Crippen LogP) is 2.08. The van der Waals surface area contributed by atoms with Crippen LogP contribution in [0.4, 0.5) is 0 Å². The van der Waals surface area contributed by atoms with E-state index in [1.807, 2.05) is 0 Å². The lowest BCUT2D eigenvalue weighted by atomic mass is 9.73. The number of carboxylic acid groups (broad SMARTS) is 1. The average molecular weight is 234 g/mol. The summed E-state index contributed by atoms with van der Waals surface area (Å²) in [6.45, 7) is 3.69. The lowest BCUT2D eigenvalue weighted by Crippen LogP contribution is -2.28. The Morgan fingerprint density at radius 1 is 1.29 bits per heavy atom. The van der Waals surface area contributed by atoms with Crippen LogP contribution in [0.25, 0.3) is 0 Å². The minimum absolute atomic E-state index is 0.401. The van der Waals surface area contributed by atoms with Gasteiger partial charge in [-0.25, -0.2) is 4.79 Å². The summed E-state index contributed by atoms with van der Waals surface area (Å²) in [5.74, 6) is 3.00. The monoisotopic (exact) mass is 234 g/mol. The average Bonchev–Trinajstić information content (AvgIpc) is 2.69. The molecule has 3 heteroatoms. The van der Waals surface area contributed by atoms with E-state index in [0.717, 1.165) is 23.7 Å². The molecule has 0 aromatic carbocycles. The molecule has 4 aliphatic rings. The zero-order chi connectivity index (χ0) is 11.7. The maximum absolute atomic E-state index is 10.9. The van der Waals surface area contributed by atoms with Crippen LogP contribution >= 0.6 is 0 Å². The van der Waals surface area contributed by atoms with Gasteiger partial charge in [0.2, 0.25) is 0 Å². The third-order valence-electron chi connectivity index (χ3n) is 5.69. The summed E-state index contributed by atoms with van der Waals surface area (Å²) >= 11 is 0. The lowest BCUT2D eigenvalue weighted by Gasteiger charge is -2.32. The number of rotatable bonds is 3. The molecule has 1 N–H and O–H groups in total. The first kappa shape index (κ1) is 10.1. The van der Waals surface area contributed by atoms with E-state index >= 15 is 0 Å². The molecule has 92 valence electrons. The van der Waals surface area contributed by atoms with E-state index in [1.54, 1.807) is 0 Å². The van der Waals surface area contributed by atoms with Crippen LogP contribution in [0, 0.1) is 29.6 Å². The highest BCUT2D eigenvalue weighted by molar-refractivity contribution is 5.85. The van der Waals surface area contributed by atoms with Crippen molar-refractivity contribution in [3.05, 3.63) is 12.2 Å². The topological polar surface area (TPSA) is 49.8 Å². The third kappa shape index (κ3) is 1.29. The van der Waals surface area contributed by atoms with Gasteiger partial charge in [0.05, 0.1) is 12.2 Å². The summed E-state index contributed by atoms with van der Waals surface area (Å²) in [6.07, 6.45) is 5.63. The first-order valence-corrected chi connectivity index (χ1v) is 6.71. The molecule has 17 heavy (non-hydrogen) atoms. The molecule has 0 radical (unpaired) electrons. The molecule has 0 aromatic rings. The Hall–Kier alpha value is -0.830. The zero-order valence-electron chi connectivity index (χ0n) is 9.84. The van der Waals surface area contributed by atoms with E-state index in [-0.39, 0.29) is 0 Å². The van der Waals surface area contributed by atoms with Gasteiger partial charge in [-0.1, -0.05) is 6.58 Å². The number of carboxylic acids is 1. The number of fused-ring (bicyclic) bond motifs is 7. The molecule has 4 rings (SSSR count). The standard InChI is InChI=1S/C14H18O3/c1-6(14(15)16)2-7-3-8-4-9(7)10-5-11-13(17-11)12(8)10/h7-13H,1-5H2,(H,15,16). The van der Waals surface area contributed by atoms with Crippen molar-refractivity contribution in [2.45, 2.75) is 37.9 Å². The van der Waals surface area contributed by atoms with Crippen LogP contribution < -0.4 is 0 Å². The Kier molecular flexibility index (Phi) is 1.87. The number of ether oxygens (including phenoxy) is 1. The van der Waals surface area contributed by atoms with Gasteiger partial charge in [0.25, 0.3) is 0 Å². The summed E-state index contributed by atoms with van der Waals surface area (Å²) in [5.41, 5.74) is 0.401. The van der Waals surface area contributed by atoms with Gasteiger partial charge in [0, 0.05) is 5.57 Å². The molecule has 7 unspecified atom stereocenters. The van der Waals surface area contributed by atoms with Crippen molar-refractivity contribution < 1.29 is 14.6 Å². The first-order chi connectivity index (χ1) is 8.15. The van der Waals surface area contributed by atoms with Crippen molar-refractivity contribution in [1.29, 1.82) is 0 Å². The smallest absolute Gasteiger partial charge is 0.330 e. The molecule has 7 atom stereocenters. The Balaban J connectivity index is 1.48. The predicted molar refractivity (Wildman–Crippen MR) is 61.4 cm³/mol. The summed E-state index contributed by atoms with van der Waals surface area (Å²) in [5, 5.41) is 8.93. The largest absolute Gasteiger partial charge is 0.478 e. The number of carbonyl (C=O) groups is 1. The lowest BCUT2D eigenvalue weighted by molar-refractivity contribution is -0.133. The molecule has 3 nitrogen and oxygen atoms in total. The summed E-state index contributed by atoms with van der Waals surface area (Å²) in [6, 6.07) is 0. The highest BCUT2D eigenvalue weighted by Gasteiger charge is 2.66. The van der Waals surface area contributed by atoms with E-state index in [1.165, 1.54) is 19.3 Å². The Labute approximate surface area is 101 Å². The molecule has 2 bridgehead atoms. The molecule has 1 heterocycles. The minimum Gasteiger partial charge on any atom is -0.478 e. The molecular weight excluding hydrogens is 216 g/mol. The Bertz CT molecular complexity index is 402. The van der Waals surface area contributed by atoms with Crippen molar-refractivity contribution in [3.8, 4) is 0 Å². The maximum Gasteiger partial charge on any atom is 0.330 e. The summed E-state index contributed by atoms with van der Waals surface area (Å²) in [7, 11) is 0. The number of aliphatic carboxylic acids is 1. The summed E-state index contributed by atoms with van der Waals surface area (Å²) in [4.78, 5) is 10.9. The van der Waals surface area contributed by atoms with Gasteiger partial charge in [-0.3, -0.25) is 0 Å². The SMILES string of the molecule is C=C(CC1CC2CC1C1CC3OC3C21)C(=O)O. The van der Waals surface area contributed by atoms with Crippen LogP contribution in [-0.2, 0) is 9.53 Å². The van der Waals surface area contributed by atoms with Gasteiger partial charge >= 0.3 is 5.97 Å². The van der Waals surface area contributed by atoms with E-state index in [4.69, 9.17) is 9.84 Å². The third-order valence-corrected chi connectivity index (χ3v) is 5.69. The van der Waals surface area contributed by atoms with Crippen molar-refractivity contribution in [3.63, 3.8) is 0 Å². The fraction of sp³-hybridized carbons (Fsp3) is 0.786. The van der Waals surface area contributed by atoms with Crippen molar-refractivity contribution in [2.75, 3.05) is 0 Å². The normalized spacial score (nSPS) is 53.3. The second-order valence-electron chi connectivity index (χ2n) is 6.38. The quantitative estimate of drug-likeness (QED) is 0.601. The highest BCUT2D eigenvalue weighted by atomic mass is 16.6. The van der Waals surface area contributed by atoms with Gasteiger partial charge in [0.15, 0.2) is 0 Å². The van der Waals surface area contributed by atoms with Gasteiger partial charge in [-0.2, -0.15) is 0 Å². The molecule has 1 saturated heterocycles. The molecule has 0 spiro atoms.